The number of ether oxygens (including phenoxy) is 1. The summed E-state index contributed by atoms with van der Waals surface area (Å²) in [4.78, 5) is 0. The molecule has 1 aromatic carbocycles. The molecule has 0 aromatic heterocycles. The monoisotopic (exact) mass is 291 g/mol. The van der Waals surface area contributed by atoms with Crippen molar-refractivity contribution in [3.63, 3.8) is 0 Å². The molecule has 0 radical (unpaired) electrons. The molecule has 0 amide bonds. The van der Waals surface area contributed by atoms with Crippen LogP contribution < -0.4 is 10.1 Å². The predicted molar refractivity (Wildman–Crippen MR) is 86.9 cm³/mol. The van der Waals surface area contributed by atoms with Crippen LogP contribution in [0.3, 0.4) is 0 Å². The maximum atomic E-state index is 10.0. The van der Waals surface area contributed by atoms with Crippen LogP contribution in [-0.4, -0.2) is 30.9 Å². The molecule has 0 bridgehead atoms. The van der Waals surface area contributed by atoms with Gasteiger partial charge in [-0.05, 0) is 49.3 Å². The standard InChI is InChI=1S/C18H29NO2/c1-14-6-7-15(2)17(10-14)21-12-16(20)11-19-13-18(3)8-4-5-9-18/h6-7,10,16,19-20H,4-5,8-9,11-13H2,1-3H3. The van der Waals surface area contributed by atoms with Gasteiger partial charge in [0.25, 0.3) is 0 Å². The van der Waals surface area contributed by atoms with E-state index >= 15 is 0 Å². The van der Waals surface area contributed by atoms with Crippen LogP contribution in [0.1, 0.15) is 43.7 Å². The topological polar surface area (TPSA) is 41.5 Å². The van der Waals surface area contributed by atoms with Crippen LogP contribution in [-0.2, 0) is 0 Å². The lowest BCUT2D eigenvalue weighted by Gasteiger charge is -2.24. The van der Waals surface area contributed by atoms with Crippen molar-refractivity contribution in [1.29, 1.82) is 0 Å². The average molecular weight is 291 g/mol. The fraction of sp³-hybridized carbons (Fsp3) is 0.667. The predicted octanol–water partition coefficient (Wildman–Crippen LogP) is 3.21. The Labute approximate surface area is 128 Å². The van der Waals surface area contributed by atoms with Crippen LogP contribution in [0.2, 0.25) is 0 Å². The molecule has 1 aliphatic carbocycles. The van der Waals surface area contributed by atoms with E-state index in [1.807, 2.05) is 19.9 Å². The fourth-order valence-corrected chi connectivity index (χ4v) is 3.05. The molecule has 0 aliphatic heterocycles. The quantitative estimate of drug-likeness (QED) is 0.810. The highest BCUT2D eigenvalue weighted by atomic mass is 16.5. The van der Waals surface area contributed by atoms with Gasteiger partial charge in [-0.3, -0.25) is 0 Å². The molecule has 0 spiro atoms. The third kappa shape index (κ3) is 5.01. The van der Waals surface area contributed by atoms with Gasteiger partial charge in [0.2, 0.25) is 0 Å². The molecule has 2 N–H and O–H groups in total. The van der Waals surface area contributed by atoms with Crippen LogP contribution in [0.15, 0.2) is 18.2 Å². The number of aryl methyl sites for hydroxylation is 2. The summed E-state index contributed by atoms with van der Waals surface area (Å²) in [5.74, 6) is 0.872. The molecule has 1 aromatic rings. The maximum absolute atomic E-state index is 10.0. The van der Waals surface area contributed by atoms with E-state index in [-0.39, 0.29) is 0 Å². The number of aliphatic hydroxyl groups is 1. The molecule has 0 heterocycles. The van der Waals surface area contributed by atoms with Gasteiger partial charge < -0.3 is 15.2 Å². The summed E-state index contributed by atoms with van der Waals surface area (Å²) in [5, 5.41) is 13.4. The molecule has 21 heavy (non-hydrogen) atoms. The molecule has 1 fully saturated rings. The summed E-state index contributed by atoms with van der Waals surface area (Å²) >= 11 is 0. The highest BCUT2D eigenvalue weighted by Crippen LogP contribution is 2.36. The minimum atomic E-state index is -0.463. The van der Waals surface area contributed by atoms with E-state index in [1.165, 1.54) is 31.2 Å². The van der Waals surface area contributed by atoms with Crippen LogP contribution in [0.25, 0.3) is 0 Å². The lowest BCUT2D eigenvalue weighted by atomic mass is 9.89. The maximum Gasteiger partial charge on any atom is 0.122 e. The molecule has 3 heteroatoms. The van der Waals surface area contributed by atoms with Crippen LogP contribution in [0.5, 0.6) is 5.75 Å². The van der Waals surface area contributed by atoms with Gasteiger partial charge in [0.15, 0.2) is 0 Å². The van der Waals surface area contributed by atoms with E-state index in [0.717, 1.165) is 17.9 Å². The lowest BCUT2D eigenvalue weighted by molar-refractivity contribution is 0.103. The van der Waals surface area contributed by atoms with Crippen molar-refractivity contribution in [2.45, 2.75) is 52.6 Å². The number of aliphatic hydroxyl groups excluding tert-OH is 1. The minimum Gasteiger partial charge on any atom is -0.491 e. The second-order valence-corrected chi connectivity index (χ2v) is 6.88. The highest BCUT2D eigenvalue weighted by molar-refractivity contribution is 5.35. The number of hydrogen-bond acceptors (Lipinski definition) is 3. The second-order valence-electron chi connectivity index (χ2n) is 6.88. The van der Waals surface area contributed by atoms with Crippen LogP contribution in [0, 0.1) is 19.3 Å². The Hall–Kier alpha value is -1.06. The number of hydrogen-bond donors (Lipinski definition) is 2. The molecule has 1 aliphatic rings. The van der Waals surface area contributed by atoms with Crippen LogP contribution >= 0.6 is 0 Å². The average Bonchev–Trinajstić information content (AvgIpc) is 2.87. The van der Waals surface area contributed by atoms with E-state index in [4.69, 9.17) is 4.74 Å². The van der Waals surface area contributed by atoms with E-state index in [2.05, 4.69) is 24.4 Å². The van der Waals surface area contributed by atoms with Gasteiger partial charge in [0.1, 0.15) is 18.5 Å². The zero-order valence-corrected chi connectivity index (χ0v) is 13.6. The van der Waals surface area contributed by atoms with Crippen LogP contribution in [0.4, 0.5) is 0 Å². The Morgan fingerprint density at radius 2 is 2.00 bits per heavy atom. The molecular formula is C18H29NO2. The van der Waals surface area contributed by atoms with Gasteiger partial charge in [-0.1, -0.05) is 31.9 Å². The highest BCUT2D eigenvalue weighted by Gasteiger charge is 2.28. The van der Waals surface area contributed by atoms with Crippen molar-refractivity contribution >= 4 is 0 Å². The third-order valence-corrected chi connectivity index (χ3v) is 4.52. The Bertz CT molecular complexity index is 453. The molecule has 1 unspecified atom stereocenters. The molecule has 3 nitrogen and oxygen atoms in total. The number of rotatable bonds is 7. The summed E-state index contributed by atoms with van der Waals surface area (Å²) in [7, 11) is 0. The number of nitrogens with one attached hydrogen (secondary N) is 1. The first-order valence-electron chi connectivity index (χ1n) is 8.07. The van der Waals surface area contributed by atoms with Crippen molar-refractivity contribution in [1.82, 2.24) is 5.32 Å². The van der Waals surface area contributed by atoms with Gasteiger partial charge in [-0.25, -0.2) is 0 Å². The smallest absolute Gasteiger partial charge is 0.122 e. The SMILES string of the molecule is Cc1ccc(C)c(OCC(O)CNCC2(C)CCCC2)c1. The Morgan fingerprint density at radius 1 is 1.29 bits per heavy atom. The molecule has 118 valence electrons. The zero-order valence-electron chi connectivity index (χ0n) is 13.6. The van der Waals surface area contributed by atoms with Gasteiger partial charge in [-0.2, -0.15) is 0 Å². The Kier molecular flexibility index (Phi) is 5.65. The summed E-state index contributed by atoms with van der Waals surface area (Å²) in [5.41, 5.74) is 2.71. The minimum absolute atomic E-state index is 0.341. The van der Waals surface area contributed by atoms with Crippen molar-refractivity contribution < 1.29 is 9.84 Å². The summed E-state index contributed by atoms with van der Waals surface area (Å²) < 4.78 is 5.74. The van der Waals surface area contributed by atoms with Gasteiger partial charge in [0.05, 0.1) is 0 Å². The lowest BCUT2D eigenvalue weighted by Crippen LogP contribution is -2.37. The van der Waals surface area contributed by atoms with Gasteiger partial charge in [-0.15, -0.1) is 0 Å². The second kappa shape index (κ2) is 7.28. The van der Waals surface area contributed by atoms with E-state index in [1.54, 1.807) is 0 Å². The first-order valence-corrected chi connectivity index (χ1v) is 8.07. The molecule has 1 saturated carbocycles. The number of benzene rings is 1. The van der Waals surface area contributed by atoms with Crippen molar-refractivity contribution in [2.24, 2.45) is 5.41 Å². The molecular weight excluding hydrogens is 262 g/mol. The fourth-order valence-electron chi connectivity index (χ4n) is 3.05. The zero-order chi connectivity index (χ0) is 15.3. The van der Waals surface area contributed by atoms with E-state index < -0.39 is 6.10 Å². The third-order valence-electron chi connectivity index (χ3n) is 4.52. The van der Waals surface area contributed by atoms with Gasteiger partial charge in [0, 0.05) is 13.1 Å². The Balaban J connectivity index is 1.69. The Morgan fingerprint density at radius 3 is 2.71 bits per heavy atom. The van der Waals surface area contributed by atoms with E-state index in [0.29, 0.717) is 18.6 Å². The summed E-state index contributed by atoms with van der Waals surface area (Å²) in [6.07, 6.45) is 4.83. The van der Waals surface area contributed by atoms with E-state index in [9.17, 15) is 5.11 Å². The van der Waals surface area contributed by atoms with Crippen molar-refractivity contribution in [3.05, 3.63) is 29.3 Å². The normalized spacial score (nSPS) is 18.7. The first-order chi connectivity index (χ1) is 9.98. The molecule has 0 saturated heterocycles. The van der Waals surface area contributed by atoms with Crippen molar-refractivity contribution in [3.8, 4) is 5.75 Å². The largest absolute Gasteiger partial charge is 0.491 e. The van der Waals surface area contributed by atoms with Gasteiger partial charge >= 0.3 is 0 Å². The first kappa shape index (κ1) is 16.3. The summed E-state index contributed by atoms with van der Waals surface area (Å²) in [6.45, 7) is 8.35. The summed E-state index contributed by atoms with van der Waals surface area (Å²) in [6, 6.07) is 6.15. The van der Waals surface area contributed by atoms with Crippen molar-refractivity contribution in [2.75, 3.05) is 19.7 Å². The molecule has 2 rings (SSSR count). The molecule has 1 atom stereocenters.